The minimum absolute atomic E-state index is 0. The van der Waals surface area contributed by atoms with Gasteiger partial charge in [0.15, 0.2) is 17.5 Å². The highest BCUT2D eigenvalue weighted by Crippen LogP contribution is 2.31. The SMILES string of the molecule is CN1CCC(C(=O)Nc2n[nH]c3ccc(-c4cc(F)c(F)cc4F)cc23)CC1.Cl. The van der Waals surface area contributed by atoms with Crippen molar-refractivity contribution in [2.75, 3.05) is 25.5 Å². The predicted octanol–water partition coefficient (Wildman–Crippen LogP) is 4.35. The van der Waals surface area contributed by atoms with Crippen molar-refractivity contribution in [1.29, 1.82) is 0 Å². The predicted molar refractivity (Wildman–Crippen MR) is 108 cm³/mol. The summed E-state index contributed by atoms with van der Waals surface area (Å²) in [4.78, 5) is 14.7. The summed E-state index contributed by atoms with van der Waals surface area (Å²) in [6.45, 7) is 1.72. The van der Waals surface area contributed by atoms with Crippen LogP contribution in [0, 0.1) is 23.4 Å². The van der Waals surface area contributed by atoms with Gasteiger partial charge in [0.25, 0.3) is 0 Å². The molecule has 9 heteroatoms. The number of rotatable bonds is 3. The van der Waals surface area contributed by atoms with E-state index < -0.39 is 17.5 Å². The van der Waals surface area contributed by atoms with E-state index in [4.69, 9.17) is 0 Å². The lowest BCUT2D eigenvalue weighted by molar-refractivity contribution is -0.121. The van der Waals surface area contributed by atoms with Gasteiger partial charge in [-0.15, -0.1) is 12.4 Å². The Balaban J connectivity index is 0.00000240. The third-order valence-corrected chi connectivity index (χ3v) is 5.21. The lowest BCUT2D eigenvalue weighted by Gasteiger charge is -2.27. The van der Waals surface area contributed by atoms with Gasteiger partial charge in [0, 0.05) is 22.9 Å². The molecular weight excluding hydrogens is 405 g/mol. The molecule has 29 heavy (non-hydrogen) atoms. The number of likely N-dealkylation sites (tertiary alicyclic amines) is 1. The average molecular weight is 425 g/mol. The van der Waals surface area contributed by atoms with Gasteiger partial charge in [0.05, 0.1) is 5.52 Å². The van der Waals surface area contributed by atoms with Crippen molar-refractivity contribution in [2.45, 2.75) is 12.8 Å². The summed E-state index contributed by atoms with van der Waals surface area (Å²) in [7, 11) is 2.02. The second-order valence-corrected chi connectivity index (χ2v) is 7.15. The summed E-state index contributed by atoms with van der Waals surface area (Å²) < 4.78 is 40.9. The van der Waals surface area contributed by atoms with E-state index in [-0.39, 0.29) is 29.8 Å². The van der Waals surface area contributed by atoms with Crippen LogP contribution >= 0.6 is 12.4 Å². The maximum Gasteiger partial charge on any atom is 0.228 e. The molecule has 1 saturated heterocycles. The minimum Gasteiger partial charge on any atom is -0.308 e. The molecule has 1 fully saturated rings. The number of hydrogen-bond donors (Lipinski definition) is 2. The number of anilines is 1. The Morgan fingerprint density at radius 2 is 1.79 bits per heavy atom. The van der Waals surface area contributed by atoms with Crippen molar-refractivity contribution < 1.29 is 18.0 Å². The number of carbonyl (C=O) groups excluding carboxylic acids is 1. The third kappa shape index (κ3) is 4.23. The topological polar surface area (TPSA) is 61.0 Å². The molecule has 0 saturated carbocycles. The first kappa shape index (κ1) is 21.1. The summed E-state index contributed by atoms with van der Waals surface area (Å²) >= 11 is 0. The van der Waals surface area contributed by atoms with E-state index in [1.54, 1.807) is 18.2 Å². The molecule has 0 radical (unpaired) electrons. The maximum absolute atomic E-state index is 14.1. The summed E-state index contributed by atoms with van der Waals surface area (Å²) in [6.07, 6.45) is 1.55. The second kappa shape index (κ2) is 8.42. The quantitative estimate of drug-likeness (QED) is 0.614. The van der Waals surface area contributed by atoms with E-state index in [1.165, 1.54) is 0 Å². The molecule has 1 aliphatic heterocycles. The molecule has 0 spiro atoms. The van der Waals surface area contributed by atoms with Crippen molar-refractivity contribution in [1.82, 2.24) is 15.1 Å². The van der Waals surface area contributed by atoms with Gasteiger partial charge in [0.2, 0.25) is 5.91 Å². The van der Waals surface area contributed by atoms with Crippen LogP contribution in [-0.2, 0) is 4.79 Å². The number of carbonyl (C=O) groups is 1. The largest absolute Gasteiger partial charge is 0.308 e. The van der Waals surface area contributed by atoms with Crippen LogP contribution in [0.2, 0.25) is 0 Å². The highest BCUT2D eigenvalue weighted by atomic mass is 35.5. The first-order valence-electron chi connectivity index (χ1n) is 9.05. The number of nitrogens with zero attached hydrogens (tertiary/aromatic N) is 2. The van der Waals surface area contributed by atoms with Gasteiger partial charge in [0.1, 0.15) is 5.82 Å². The number of H-pyrrole nitrogens is 1. The zero-order chi connectivity index (χ0) is 19.8. The Morgan fingerprint density at radius 3 is 2.52 bits per heavy atom. The zero-order valence-corrected chi connectivity index (χ0v) is 16.5. The standard InChI is InChI=1S/C20H19F3N4O.ClH/c1-27-6-4-11(5-7-27)20(28)24-19-14-8-12(2-3-18(14)25-26-19)13-9-16(22)17(23)10-15(13)21;/h2-3,8-11H,4-7H2,1H3,(H2,24,25,26,28);1H. The van der Waals surface area contributed by atoms with Crippen molar-refractivity contribution in [3.05, 3.63) is 47.8 Å². The van der Waals surface area contributed by atoms with Crippen LogP contribution in [0.25, 0.3) is 22.0 Å². The molecule has 2 heterocycles. The molecule has 0 unspecified atom stereocenters. The van der Waals surface area contributed by atoms with Gasteiger partial charge in [-0.05, 0) is 56.7 Å². The fraction of sp³-hybridized carbons (Fsp3) is 0.300. The van der Waals surface area contributed by atoms with Gasteiger partial charge in [-0.1, -0.05) is 6.07 Å². The van der Waals surface area contributed by atoms with Crippen LogP contribution in [0.3, 0.4) is 0 Å². The number of fused-ring (bicyclic) bond motifs is 1. The molecule has 5 nitrogen and oxygen atoms in total. The van der Waals surface area contributed by atoms with E-state index in [1.807, 2.05) is 7.05 Å². The highest BCUT2D eigenvalue weighted by molar-refractivity contribution is 6.01. The molecule has 1 aliphatic rings. The lowest BCUT2D eigenvalue weighted by atomic mass is 9.96. The molecular formula is C20H20ClF3N4O. The van der Waals surface area contributed by atoms with Crippen molar-refractivity contribution in [3.8, 4) is 11.1 Å². The van der Waals surface area contributed by atoms with Gasteiger partial charge >= 0.3 is 0 Å². The van der Waals surface area contributed by atoms with Crippen LogP contribution in [0.1, 0.15) is 12.8 Å². The number of hydrogen-bond acceptors (Lipinski definition) is 3. The van der Waals surface area contributed by atoms with E-state index in [2.05, 4.69) is 20.4 Å². The minimum atomic E-state index is -1.24. The molecule has 2 aromatic carbocycles. The van der Waals surface area contributed by atoms with E-state index in [0.29, 0.717) is 28.4 Å². The van der Waals surface area contributed by atoms with Crippen molar-refractivity contribution >= 4 is 35.0 Å². The smallest absolute Gasteiger partial charge is 0.228 e. The Morgan fingerprint density at radius 1 is 1.10 bits per heavy atom. The number of amides is 1. The van der Waals surface area contributed by atoms with Crippen LogP contribution in [0.5, 0.6) is 0 Å². The Bertz CT molecular complexity index is 1050. The first-order chi connectivity index (χ1) is 13.4. The van der Waals surface area contributed by atoms with E-state index >= 15 is 0 Å². The van der Waals surface area contributed by atoms with E-state index in [9.17, 15) is 18.0 Å². The normalized spacial score (nSPS) is 15.3. The molecule has 4 rings (SSSR count). The maximum atomic E-state index is 14.1. The number of nitrogens with one attached hydrogen (secondary N) is 2. The zero-order valence-electron chi connectivity index (χ0n) is 15.6. The molecule has 0 bridgehead atoms. The fourth-order valence-corrected chi connectivity index (χ4v) is 3.51. The number of piperidine rings is 1. The van der Waals surface area contributed by atoms with Crippen LogP contribution in [0.4, 0.5) is 19.0 Å². The van der Waals surface area contributed by atoms with Crippen LogP contribution in [0.15, 0.2) is 30.3 Å². The van der Waals surface area contributed by atoms with E-state index in [0.717, 1.165) is 32.0 Å². The molecule has 0 atom stereocenters. The Hall–Kier alpha value is -2.58. The molecule has 2 N–H and O–H groups in total. The van der Waals surface area contributed by atoms with Crippen LogP contribution < -0.4 is 5.32 Å². The van der Waals surface area contributed by atoms with Crippen LogP contribution in [-0.4, -0.2) is 41.1 Å². The van der Waals surface area contributed by atoms with Gasteiger partial charge in [-0.2, -0.15) is 5.10 Å². The Kier molecular flexibility index (Phi) is 6.14. The molecule has 1 aromatic heterocycles. The number of aromatic amines is 1. The monoisotopic (exact) mass is 424 g/mol. The summed E-state index contributed by atoms with van der Waals surface area (Å²) in [5.41, 5.74) is 0.945. The first-order valence-corrected chi connectivity index (χ1v) is 9.05. The number of aromatic nitrogens is 2. The highest BCUT2D eigenvalue weighted by Gasteiger charge is 2.24. The molecule has 1 amide bonds. The van der Waals surface area contributed by atoms with Gasteiger partial charge in [-0.25, -0.2) is 13.2 Å². The summed E-state index contributed by atoms with van der Waals surface area (Å²) in [5.74, 6) is -3.08. The molecule has 0 aliphatic carbocycles. The summed E-state index contributed by atoms with van der Waals surface area (Å²) in [6, 6.07) is 6.18. The molecule has 154 valence electrons. The third-order valence-electron chi connectivity index (χ3n) is 5.21. The van der Waals surface area contributed by atoms with Crippen molar-refractivity contribution in [3.63, 3.8) is 0 Å². The average Bonchev–Trinajstić information content (AvgIpc) is 3.07. The van der Waals surface area contributed by atoms with Gasteiger partial charge < -0.3 is 10.2 Å². The lowest BCUT2D eigenvalue weighted by Crippen LogP contribution is -2.36. The molecule has 3 aromatic rings. The summed E-state index contributed by atoms with van der Waals surface area (Å²) in [5, 5.41) is 10.4. The fourth-order valence-electron chi connectivity index (χ4n) is 3.51. The number of benzene rings is 2. The number of halogens is 4. The van der Waals surface area contributed by atoms with Gasteiger partial charge in [-0.3, -0.25) is 9.89 Å². The Labute approximate surface area is 171 Å². The second-order valence-electron chi connectivity index (χ2n) is 7.15. The van der Waals surface area contributed by atoms with Crippen molar-refractivity contribution in [2.24, 2.45) is 5.92 Å².